The van der Waals surface area contributed by atoms with Crippen LogP contribution in [-0.4, -0.2) is 51.5 Å². The lowest BCUT2D eigenvalue weighted by Crippen LogP contribution is -2.49. The average Bonchev–Trinajstić information content (AvgIpc) is 2.96. The highest BCUT2D eigenvalue weighted by atomic mass is 79.9. The fraction of sp³-hybridized carbons (Fsp3) is 0.400. The van der Waals surface area contributed by atoms with Crippen molar-refractivity contribution in [3.8, 4) is 0 Å². The second-order valence-electron chi connectivity index (χ2n) is 5.50. The van der Waals surface area contributed by atoms with Gasteiger partial charge in [-0.15, -0.1) is 0 Å². The van der Waals surface area contributed by atoms with Crippen LogP contribution in [0.1, 0.15) is 11.9 Å². The number of aromatic nitrogens is 3. The van der Waals surface area contributed by atoms with Gasteiger partial charge in [0.15, 0.2) is 0 Å². The number of carbonyl (C=O) groups is 1. The summed E-state index contributed by atoms with van der Waals surface area (Å²) in [5.74, 6) is 1.45. The minimum atomic E-state index is -0.0686. The van der Waals surface area contributed by atoms with E-state index in [-0.39, 0.29) is 11.9 Å². The molecule has 3 heterocycles. The maximum Gasteiger partial charge on any atom is 0.239 e. The van der Waals surface area contributed by atoms with Crippen molar-refractivity contribution in [3.63, 3.8) is 0 Å². The van der Waals surface area contributed by atoms with Crippen molar-refractivity contribution in [2.75, 3.05) is 31.5 Å². The number of hydrogen-bond acceptors (Lipinski definition) is 5. The van der Waals surface area contributed by atoms with Gasteiger partial charge in [0.05, 0.1) is 12.6 Å². The second-order valence-corrected chi connectivity index (χ2v) is 6.41. The number of carbonyl (C=O) groups excluding carboxylic acids is 1. The highest BCUT2D eigenvalue weighted by Crippen LogP contribution is 2.20. The summed E-state index contributed by atoms with van der Waals surface area (Å²) in [5.41, 5.74) is 0. The summed E-state index contributed by atoms with van der Waals surface area (Å²) < 4.78 is 2.88. The zero-order valence-corrected chi connectivity index (χ0v) is 14.5. The molecule has 122 valence electrons. The molecule has 23 heavy (non-hydrogen) atoms. The molecule has 0 saturated carbocycles. The van der Waals surface area contributed by atoms with Crippen LogP contribution in [0.4, 0.5) is 5.82 Å². The Bertz CT molecular complexity index is 671. The lowest BCUT2D eigenvalue weighted by molar-refractivity contribution is -0.118. The fourth-order valence-electron chi connectivity index (χ4n) is 2.71. The molecule has 0 aliphatic carbocycles. The molecule has 1 amide bonds. The first-order chi connectivity index (χ1) is 11.1. The van der Waals surface area contributed by atoms with Crippen molar-refractivity contribution in [2.24, 2.45) is 7.05 Å². The maximum atomic E-state index is 12.3. The Balaban J connectivity index is 1.66. The monoisotopic (exact) mass is 378 g/mol. The summed E-state index contributed by atoms with van der Waals surface area (Å²) >= 11 is 3.33. The van der Waals surface area contributed by atoms with E-state index in [0.717, 1.165) is 29.9 Å². The molecule has 0 radical (unpaired) electrons. The van der Waals surface area contributed by atoms with Gasteiger partial charge in [0.1, 0.15) is 11.6 Å². The van der Waals surface area contributed by atoms with Crippen molar-refractivity contribution in [2.45, 2.75) is 6.04 Å². The Morgan fingerprint density at radius 1 is 1.48 bits per heavy atom. The number of pyridine rings is 1. The second kappa shape index (κ2) is 7.20. The molecule has 1 unspecified atom stereocenters. The molecule has 7 nitrogen and oxygen atoms in total. The van der Waals surface area contributed by atoms with Crippen LogP contribution in [0, 0.1) is 0 Å². The van der Waals surface area contributed by atoms with Crippen molar-refractivity contribution in [3.05, 3.63) is 41.0 Å². The molecule has 3 rings (SSSR count). The van der Waals surface area contributed by atoms with E-state index in [0.29, 0.717) is 12.4 Å². The lowest BCUT2D eigenvalue weighted by atomic mass is 10.1. The third-order valence-corrected chi connectivity index (χ3v) is 4.32. The van der Waals surface area contributed by atoms with Gasteiger partial charge in [0.2, 0.25) is 5.91 Å². The predicted molar refractivity (Wildman–Crippen MR) is 91.0 cm³/mol. The van der Waals surface area contributed by atoms with E-state index in [9.17, 15) is 4.79 Å². The summed E-state index contributed by atoms with van der Waals surface area (Å²) in [7, 11) is 1.97. The van der Waals surface area contributed by atoms with Crippen LogP contribution >= 0.6 is 15.9 Å². The Morgan fingerprint density at radius 3 is 3.04 bits per heavy atom. The molecular weight excluding hydrogens is 360 g/mol. The van der Waals surface area contributed by atoms with Crippen LogP contribution < -0.4 is 10.6 Å². The van der Waals surface area contributed by atoms with Gasteiger partial charge in [-0.05, 0) is 28.1 Å². The lowest BCUT2D eigenvalue weighted by Gasteiger charge is -2.35. The molecule has 2 aromatic heterocycles. The molecule has 1 fully saturated rings. The van der Waals surface area contributed by atoms with E-state index in [1.165, 1.54) is 0 Å². The molecule has 1 saturated heterocycles. The topological polar surface area (TPSA) is 75.1 Å². The van der Waals surface area contributed by atoms with Crippen LogP contribution in [-0.2, 0) is 11.8 Å². The van der Waals surface area contributed by atoms with Crippen LogP contribution in [0.25, 0.3) is 0 Å². The number of aryl methyl sites for hydroxylation is 1. The zero-order valence-electron chi connectivity index (χ0n) is 12.9. The number of amides is 1. The molecule has 0 aromatic carbocycles. The van der Waals surface area contributed by atoms with Gasteiger partial charge in [0.25, 0.3) is 0 Å². The van der Waals surface area contributed by atoms with E-state index < -0.39 is 0 Å². The third kappa shape index (κ3) is 3.95. The van der Waals surface area contributed by atoms with Gasteiger partial charge in [-0.25, -0.2) is 9.97 Å². The van der Waals surface area contributed by atoms with Crippen molar-refractivity contribution < 1.29 is 4.79 Å². The molecule has 1 atom stereocenters. The standard InChI is InChI=1S/C15H19BrN6O/c1-21-6-5-18-15(21)12-9-17-4-7-22(12)10-14(23)20-13-3-2-11(16)8-19-13/h2-3,5-6,8,12,17H,4,7,9-10H2,1H3,(H,19,20,23). The number of anilines is 1. The minimum absolute atomic E-state index is 0.0686. The molecule has 0 bridgehead atoms. The first-order valence-corrected chi connectivity index (χ1v) is 8.26. The van der Waals surface area contributed by atoms with Gasteiger partial charge in [-0.1, -0.05) is 0 Å². The van der Waals surface area contributed by atoms with Crippen LogP contribution in [0.2, 0.25) is 0 Å². The summed E-state index contributed by atoms with van der Waals surface area (Å²) in [6.07, 6.45) is 5.37. The number of nitrogens with one attached hydrogen (secondary N) is 2. The number of hydrogen-bond donors (Lipinski definition) is 2. The summed E-state index contributed by atoms with van der Waals surface area (Å²) in [6, 6.07) is 3.72. The predicted octanol–water partition coefficient (Wildman–Crippen LogP) is 1.16. The fourth-order valence-corrected chi connectivity index (χ4v) is 2.94. The van der Waals surface area contributed by atoms with Crippen molar-refractivity contribution in [1.82, 2.24) is 24.8 Å². The van der Waals surface area contributed by atoms with Gasteiger partial charge >= 0.3 is 0 Å². The molecule has 0 spiro atoms. The molecule has 2 N–H and O–H groups in total. The van der Waals surface area contributed by atoms with Crippen LogP contribution in [0.3, 0.4) is 0 Å². The summed E-state index contributed by atoms with van der Waals surface area (Å²) in [4.78, 5) is 23.1. The number of imidazole rings is 1. The average molecular weight is 379 g/mol. The van der Waals surface area contributed by atoms with E-state index in [1.807, 2.05) is 23.9 Å². The van der Waals surface area contributed by atoms with Crippen LogP contribution in [0.15, 0.2) is 35.2 Å². The smallest absolute Gasteiger partial charge is 0.239 e. The number of piperazine rings is 1. The van der Waals surface area contributed by atoms with Gasteiger partial charge in [0, 0.05) is 49.7 Å². The molecule has 1 aliphatic rings. The first-order valence-electron chi connectivity index (χ1n) is 7.47. The van der Waals surface area contributed by atoms with E-state index in [2.05, 4.69) is 41.4 Å². The quantitative estimate of drug-likeness (QED) is 0.834. The number of halogens is 1. The normalized spacial score (nSPS) is 18.8. The SMILES string of the molecule is Cn1ccnc1C1CNCCN1CC(=O)Nc1ccc(Br)cn1. The van der Waals surface area contributed by atoms with E-state index in [1.54, 1.807) is 18.5 Å². The Hall–Kier alpha value is -1.77. The van der Waals surface area contributed by atoms with E-state index in [4.69, 9.17) is 0 Å². The molecule has 1 aliphatic heterocycles. The number of rotatable bonds is 4. The number of nitrogens with zero attached hydrogens (tertiary/aromatic N) is 4. The summed E-state index contributed by atoms with van der Waals surface area (Å²) in [5, 5.41) is 6.20. The first kappa shape index (κ1) is 16.1. The highest BCUT2D eigenvalue weighted by molar-refractivity contribution is 9.10. The Kier molecular flexibility index (Phi) is 5.04. The van der Waals surface area contributed by atoms with Crippen molar-refractivity contribution >= 4 is 27.7 Å². The van der Waals surface area contributed by atoms with Gasteiger partial charge < -0.3 is 15.2 Å². The van der Waals surface area contributed by atoms with Crippen LogP contribution in [0.5, 0.6) is 0 Å². The Labute approximate surface area is 143 Å². The molecule has 8 heteroatoms. The van der Waals surface area contributed by atoms with Gasteiger partial charge in [-0.3, -0.25) is 9.69 Å². The maximum absolute atomic E-state index is 12.3. The third-order valence-electron chi connectivity index (χ3n) is 3.85. The highest BCUT2D eigenvalue weighted by Gasteiger charge is 2.28. The zero-order chi connectivity index (χ0) is 16.2. The molecular formula is C15H19BrN6O. The molecule has 2 aromatic rings. The minimum Gasteiger partial charge on any atom is -0.337 e. The summed E-state index contributed by atoms with van der Waals surface area (Å²) in [6.45, 7) is 2.77. The largest absolute Gasteiger partial charge is 0.337 e. The van der Waals surface area contributed by atoms with Crippen molar-refractivity contribution in [1.29, 1.82) is 0 Å². The van der Waals surface area contributed by atoms with E-state index >= 15 is 0 Å². The Morgan fingerprint density at radius 2 is 2.35 bits per heavy atom. The van der Waals surface area contributed by atoms with Gasteiger partial charge in [-0.2, -0.15) is 0 Å².